The lowest BCUT2D eigenvalue weighted by Crippen LogP contribution is -2.14. The van der Waals surface area contributed by atoms with Crippen LogP contribution in [0.15, 0.2) is 30.3 Å². The maximum Gasteiger partial charge on any atom is 0.257 e. The molecule has 0 radical (unpaired) electrons. The molecule has 19 heavy (non-hydrogen) atoms. The van der Waals surface area contributed by atoms with Gasteiger partial charge in [-0.15, -0.1) is 0 Å². The van der Waals surface area contributed by atoms with Crippen molar-refractivity contribution in [1.29, 1.82) is 0 Å². The highest BCUT2D eigenvalue weighted by atomic mass is 16.1. The van der Waals surface area contributed by atoms with E-state index in [2.05, 4.69) is 16.8 Å². The second kappa shape index (κ2) is 5.18. The molecule has 0 saturated heterocycles. The molecular formula is C15H19N3O. The zero-order valence-corrected chi connectivity index (χ0v) is 11.5. The van der Waals surface area contributed by atoms with Crippen molar-refractivity contribution in [2.75, 3.05) is 11.1 Å². The van der Waals surface area contributed by atoms with Crippen molar-refractivity contribution < 1.29 is 4.79 Å². The topological polar surface area (TPSA) is 60.0 Å². The molecule has 0 fully saturated rings. The standard InChI is InChI=1S/C15H19N3O/c1-4-18-10(2)9-12(11(18)3)15(19)17-14-8-6-5-7-13(14)16/h5-9H,4,16H2,1-3H3,(H,17,19). The molecule has 1 amide bonds. The third-order valence-corrected chi connectivity index (χ3v) is 3.34. The van der Waals surface area contributed by atoms with E-state index in [9.17, 15) is 4.79 Å². The van der Waals surface area contributed by atoms with Gasteiger partial charge in [0.2, 0.25) is 0 Å². The van der Waals surface area contributed by atoms with Crippen LogP contribution >= 0.6 is 0 Å². The van der Waals surface area contributed by atoms with Gasteiger partial charge >= 0.3 is 0 Å². The number of anilines is 2. The fourth-order valence-electron chi connectivity index (χ4n) is 2.32. The summed E-state index contributed by atoms with van der Waals surface area (Å²) in [6.45, 7) is 6.89. The van der Waals surface area contributed by atoms with Crippen LogP contribution in [0.25, 0.3) is 0 Å². The molecule has 2 aromatic rings. The number of para-hydroxylation sites is 2. The van der Waals surface area contributed by atoms with E-state index in [1.165, 1.54) is 0 Å². The van der Waals surface area contributed by atoms with Gasteiger partial charge in [0, 0.05) is 17.9 Å². The number of benzene rings is 1. The predicted molar refractivity (Wildman–Crippen MR) is 78.4 cm³/mol. The van der Waals surface area contributed by atoms with Gasteiger partial charge in [-0.2, -0.15) is 0 Å². The predicted octanol–water partition coefficient (Wildman–Crippen LogP) is 2.96. The second-order valence-electron chi connectivity index (χ2n) is 4.57. The van der Waals surface area contributed by atoms with Crippen LogP contribution in [0.5, 0.6) is 0 Å². The summed E-state index contributed by atoms with van der Waals surface area (Å²) in [6.07, 6.45) is 0. The first-order valence-corrected chi connectivity index (χ1v) is 6.37. The Morgan fingerprint density at radius 2 is 2.00 bits per heavy atom. The van der Waals surface area contributed by atoms with Gasteiger partial charge in [0.15, 0.2) is 0 Å². The molecule has 2 rings (SSSR count). The van der Waals surface area contributed by atoms with Crippen LogP contribution in [-0.4, -0.2) is 10.5 Å². The van der Waals surface area contributed by atoms with Gasteiger partial charge in [-0.25, -0.2) is 0 Å². The van der Waals surface area contributed by atoms with E-state index < -0.39 is 0 Å². The third-order valence-electron chi connectivity index (χ3n) is 3.34. The van der Waals surface area contributed by atoms with Crippen LogP contribution in [0.1, 0.15) is 28.7 Å². The SMILES string of the molecule is CCn1c(C)cc(C(=O)Nc2ccccc2N)c1C. The minimum absolute atomic E-state index is 0.120. The minimum atomic E-state index is -0.120. The van der Waals surface area contributed by atoms with E-state index in [0.29, 0.717) is 16.9 Å². The minimum Gasteiger partial charge on any atom is -0.397 e. The maximum atomic E-state index is 12.3. The highest BCUT2D eigenvalue weighted by molar-refractivity contribution is 6.06. The summed E-state index contributed by atoms with van der Waals surface area (Å²) in [4.78, 5) is 12.3. The Morgan fingerprint density at radius 1 is 1.32 bits per heavy atom. The van der Waals surface area contributed by atoms with Gasteiger partial charge in [0.05, 0.1) is 16.9 Å². The number of aryl methyl sites for hydroxylation is 1. The van der Waals surface area contributed by atoms with Crippen LogP contribution < -0.4 is 11.1 Å². The zero-order valence-electron chi connectivity index (χ0n) is 11.5. The Bertz CT molecular complexity index is 614. The number of rotatable bonds is 3. The highest BCUT2D eigenvalue weighted by Crippen LogP contribution is 2.20. The fraction of sp³-hybridized carbons (Fsp3) is 0.267. The van der Waals surface area contributed by atoms with Gasteiger partial charge in [-0.05, 0) is 39.0 Å². The number of amides is 1. The summed E-state index contributed by atoms with van der Waals surface area (Å²) in [5, 5.41) is 2.85. The van der Waals surface area contributed by atoms with Crippen molar-refractivity contribution in [3.05, 3.63) is 47.3 Å². The van der Waals surface area contributed by atoms with E-state index in [1.807, 2.05) is 32.0 Å². The van der Waals surface area contributed by atoms with Crippen LogP contribution in [0.2, 0.25) is 0 Å². The van der Waals surface area contributed by atoms with Crippen LogP contribution in [0, 0.1) is 13.8 Å². The lowest BCUT2D eigenvalue weighted by Gasteiger charge is -2.08. The molecule has 4 heteroatoms. The van der Waals surface area contributed by atoms with E-state index in [0.717, 1.165) is 17.9 Å². The summed E-state index contributed by atoms with van der Waals surface area (Å²) in [6, 6.07) is 9.17. The Labute approximate surface area is 113 Å². The number of carbonyl (C=O) groups excluding carboxylic acids is 1. The molecule has 0 saturated carbocycles. The van der Waals surface area contributed by atoms with Crippen molar-refractivity contribution >= 4 is 17.3 Å². The van der Waals surface area contributed by atoms with Gasteiger partial charge in [0.25, 0.3) is 5.91 Å². The molecule has 100 valence electrons. The third kappa shape index (κ3) is 2.47. The number of carbonyl (C=O) groups is 1. The summed E-state index contributed by atoms with van der Waals surface area (Å²) >= 11 is 0. The van der Waals surface area contributed by atoms with E-state index in [1.54, 1.807) is 12.1 Å². The first kappa shape index (κ1) is 13.2. The van der Waals surface area contributed by atoms with Gasteiger partial charge < -0.3 is 15.6 Å². The fourth-order valence-corrected chi connectivity index (χ4v) is 2.32. The van der Waals surface area contributed by atoms with Crippen molar-refractivity contribution in [2.45, 2.75) is 27.3 Å². The number of nitrogen functional groups attached to an aromatic ring is 1. The molecule has 3 N–H and O–H groups in total. The molecule has 1 heterocycles. The summed E-state index contributed by atoms with van der Waals surface area (Å²) in [7, 11) is 0. The Morgan fingerprint density at radius 3 is 2.58 bits per heavy atom. The summed E-state index contributed by atoms with van der Waals surface area (Å²) < 4.78 is 2.11. The maximum absolute atomic E-state index is 12.3. The molecule has 0 bridgehead atoms. The molecule has 0 atom stereocenters. The monoisotopic (exact) mass is 257 g/mol. The van der Waals surface area contributed by atoms with Crippen molar-refractivity contribution in [3.63, 3.8) is 0 Å². The van der Waals surface area contributed by atoms with Crippen molar-refractivity contribution in [1.82, 2.24) is 4.57 Å². The van der Waals surface area contributed by atoms with Crippen molar-refractivity contribution in [2.24, 2.45) is 0 Å². The number of hydrogen-bond donors (Lipinski definition) is 2. The molecule has 0 aliphatic rings. The normalized spacial score (nSPS) is 10.5. The average Bonchev–Trinajstić information content (AvgIpc) is 2.67. The lowest BCUT2D eigenvalue weighted by molar-refractivity contribution is 0.102. The van der Waals surface area contributed by atoms with Crippen LogP contribution in [-0.2, 0) is 6.54 Å². The highest BCUT2D eigenvalue weighted by Gasteiger charge is 2.15. The first-order chi connectivity index (χ1) is 9.04. The first-order valence-electron chi connectivity index (χ1n) is 6.37. The number of hydrogen-bond acceptors (Lipinski definition) is 2. The Kier molecular flexibility index (Phi) is 3.60. The van der Waals surface area contributed by atoms with Crippen molar-refractivity contribution in [3.8, 4) is 0 Å². The molecule has 0 aliphatic carbocycles. The largest absolute Gasteiger partial charge is 0.397 e. The van der Waals surface area contributed by atoms with Crippen LogP contribution in [0.4, 0.5) is 11.4 Å². The number of nitrogens with one attached hydrogen (secondary N) is 1. The van der Waals surface area contributed by atoms with Gasteiger partial charge in [-0.1, -0.05) is 12.1 Å². The molecular weight excluding hydrogens is 238 g/mol. The molecule has 1 aromatic carbocycles. The molecule has 1 aromatic heterocycles. The van der Waals surface area contributed by atoms with Gasteiger partial charge in [0.1, 0.15) is 0 Å². The Hall–Kier alpha value is -2.23. The van der Waals surface area contributed by atoms with E-state index in [-0.39, 0.29) is 5.91 Å². The molecule has 0 aliphatic heterocycles. The quantitative estimate of drug-likeness (QED) is 0.830. The van der Waals surface area contributed by atoms with E-state index >= 15 is 0 Å². The number of aromatic nitrogens is 1. The van der Waals surface area contributed by atoms with E-state index in [4.69, 9.17) is 5.73 Å². The molecule has 4 nitrogen and oxygen atoms in total. The zero-order chi connectivity index (χ0) is 14.0. The number of nitrogens with two attached hydrogens (primary N) is 1. The van der Waals surface area contributed by atoms with Gasteiger partial charge in [-0.3, -0.25) is 4.79 Å². The van der Waals surface area contributed by atoms with Crippen LogP contribution in [0.3, 0.4) is 0 Å². The number of nitrogens with zero attached hydrogens (tertiary/aromatic N) is 1. The average molecular weight is 257 g/mol. The second-order valence-corrected chi connectivity index (χ2v) is 4.57. The Balaban J connectivity index is 2.29. The lowest BCUT2D eigenvalue weighted by atomic mass is 10.2. The summed E-state index contributed by atoms with van der Waals surface area (Å²) in [5.41, 5.74) is 9.81. The molecule has 0 spiro atoms. The smallest absolute Gasteiger partial charge is 0.257 e. The summed E-state index contributed by atoms with van der Waals surface area (Å²) in [5.74, 6) is -0.120. The molecule has 0 unspecified atom stereocenters.